The van der Waals surface area contributed by atoms with Crippen molar-refractivity contribution in [3.05, 3.63) is 35.9 Å². The van der Waals surface area contributed by atoms with Gasteiger partial charge < -0.3 is 9.53 Å². The number of ether oxygens (including phenoxy) is 1. The fraction of sp³-hybridized carbons (Fsp3) is 0.533. The van der Waals surface area contributed by atoms with E-state index in [1.54, 1.807) is 0 Å². The van der Waals surface area contributed by atoms with E-state index in [9.17, 15) is 4.79 Å². The van der Waals surface area contributed by atoms with Crippen LogP contribution in [0.15, 0.2) is 30.3 Å². The van der Waals surface area contributed by atoms with Gasteiger partial charge in [-0.15, -0.1) is 0 Å². The van der Waals surface area contributed by atoms with Crippen LogP contribution in [0.5, 0.6) is 0 Å². The van der Waals surface area contributed by atoms with Gasteiger partial charge in [0.15, 0.2) is 0 Å². The Balaban J connectivity index is 2.11. The minimum Gasteiger partial charge on any atom is -0.376 e. The summed E-state index contributed by atoms with van der Waals surface area (Å²) in [5.41, 5.74) is 0.650. The molecule has 0 spiro atoms. The molecule has 1 aromatic carbocycles. The lowest BCUT2D eigenvalue weighted by molar-refractivity contribution is -0.113. The van der Waals surface area contributed by atoms with E-state index >= 15 is 0 Å². The first-order valence-electron chi connectivity index (χ1n) is 6.50. The second kappa shape index (κ2) is 5.63. The largest absolute Gasteiger partial charge is 0.376 e. The molecule has 3 nitrogen and oxygen atoms in total. The van der Waals surface area contributed by atoms with Gasteiger partial charge in [0.25, 0.3) is 0 Å². The maximum absolute atomic E-state index is 11.5. The third-order valence-electron chi connectivity index (χ3n) is 3.57. The zero-order chi connectivity index (χ0) is 13.0. The predicted octanol–water partition coefficient (Wildman–Crippen LogP) is 1.86. The molecule has 0 radical (unpaired) electrons. The minimum atomic E-state index is -0.432. The minimum absolute atomic E-state index is 0.255. The average molecular weight is 247 g/mol. The van der Waals surface area contributed by atoms with Crippen LogP contribution in [0.2, 0.25) is 0 Å². The van der Waals surface area contributed by atoms with E-state index in [1.807, 2.05) is 37.3 Å². The Kier molecular flexibility index (Phi) is 4.15. The number of hydrogen-bond acceptors (Lipinski definition) is 3. The third-order valence-corrected chi connectivity index (χ3v) is 3.57. The third kappa shape index (κ3) is 2.98. The summed E-state index contributed by atoms with van der Waals surface area (Å²) in [7, 11) is 0. The number of carbonyl (C=O) groups is 1. The van der Waals surface area contributed by atoms with Crippen molar-refractivity contribution in [3.63, 3.8) is 0 Å². The Morgan fingerprint density at radius 3 is 2.78 bits per heavy atom. The molecule has 0 aliphatic carbocycles. The number of benzene rings is 1. The highest BCUT2D eigenvalue weighted by molar-refractivity contribution is 5.68. The van der Waals surface area contributed by atoms with Crippen molar-refractivity contribution >= 4 is 6.29 Å². The summed E-state index contributed by atoms with van der Waals surface area (Å²) >= 11 is 0. The Morgan fingerprint density at radius 2 is 2.17 bits per heavy atom. The van der Waals surface area contributed by atoms with Crippen LogP contribution in [0.1, 0.15) is 19.4 Å². The molecule has 1 aromatic rings. The van der Waals surface area contributed by atoms with E-state index in [4.69, 9.17) is 4.74 Å². The van der Waals surface area contributed by atoms with E-state index in [-0.39, 0.29) is 6.10 Å². The van der Waals surface area contributed by atoms with E-state index < -0.39 is 5.41 Å². The van der Waals surface area contributed by atoms with Crippen molar-refractivity contribution in [2.45, 2.75) is 25.4 Å². The fourth-order valence-corrected chi connectivity index (χ4v) is 2.51. The Hall–Kier alpha value is -1.19. The second-order valence-corrected chi connectivity index (χ2v) is 5.32. The van der Waals surface area contributed by atoms with Gasteiger partial charge in [-0.25, -0.2) is 0 Å². The molecule has 1 heterocycles. The molecule has 3 heteroatoms. The highest BCUT2D eigenvalue weighted by Crippen LogP contribution is 2.23. The molecule has 18 heavy (non-hydrogen) atoms. The van der Waals surface area contributed by atoms with Gasteiger partial charge in [-0.05, 0) is 19.4 Å². The second-order valence-electron chi connectivity index (χ2n) is 5.32. The van der Waals surface area contributed by atoms with Crippen molar-refractivity contribution in [1.29, 1.82) is 0 Å². The standard InChI is InChI=1S/C15H21NO2/c1-13-10-16(8-9-18-13)11-15(2,12-17)14-6-4-3-5-7-14/h3-7,12-13H,8-11H2,1-2H3. The molecule has 1 saturated heterocycles. The summed E-state index contributed by atoms with van der Waals surface area (Å²) in [6, 6.07) is 10.0. The predicted molar refractivity (Wildman–Crippen MR) is 71.7 cm³/mol. The topological polar surface area (TPSA) is 29.5 Å². The van der Waals surface area contributed by atoms with Crippen LogP contribution in [0.25, 0.3) is 0 Å². The Bertz CT molecular complexity index is 393. The molecule has 98 valence electrons. The molecule has 0 N–H and O–H groups in total. The Labute approximate surface area is 109 Å². The van der Waals surface area contributed by atoms with Crippen LogP contribution in [0.4, 0.5) is 0 Å². The maximum atomic E-state index is 11.5. The highest BCUT2D eigenvalue weighted by Gasteiger charge is 2.30. The summed E-state index contributed by atoms with van der Waals surface area (Å²) in [6.45, 7) is 7.40. The Morgan fingerprint density at radius 1 is 1.44 bits per heavy atom. The molecule has 1 aliphatic heterocycles. The lowest BCUT2D eigenvalue weighted by Crippen LogP contribution is -2.47. The molecular weight excluding hydrogens is 226 g/mol. The van der Waals surface area contributed by atoms with Crippen LogP contribution in [0, 0.1) is 0 Å². The van der Waals surface area contributed by atoms with E-state index in [0.717, 1.165) is 38.1 Å². The molecular formula is C15H21NO2. The van der Waals surface area contributed by atoms with Crippen molar-refractivity contribution in [2.24, 2.45) is 0 Å². The van der Waals surface area contributed by atoms with Crippen molar-refractivity contribution in [2.75, 3.05) is 26.2 Å². The zero-order valence-corrected chi connectivity index (χ0v) is 11.1. The fourth-order valence-electron chi connectivity index (χ4n) is 2.51. The van der Waals surface area contributed by atoms with Crippen LogP contribution in [-0.2, 0) is 14.9 Å². The quantitative estimate of drug-likeness (QED) is 0.761. The summed E-state index contributed by atoms with van der Waals surface area (Å²) in [5.74, 6) is 0. The molecule has 2 atom stereocenters. The molecule has 2 unspecified atom stereocenters. The van der Waals surface area contributed by atoms with Gasteiger partial charge >= 0.3 is 0 Å². The van der Waals surface area contributed by atoms with Crippen molar-refractivity contribution in [3.8, 4) is 0 Å². The SMILES string of the molecule is CC1CN(CC(C)(C=O)c2ccccc2)CCO1. The lowest BCUT2D eigenvalue weighted by atomic mass is 9.83. The number of aldehydes is 1. The molecule has 2 rings (SSSR count). The van der Waals surface area contributed by atoms with Gasteiger partial charge in [0.2, 0.25) is 0 Å². The van der Waals surface area contributed by atoms with Crippen molar-refractivity contribution < 1.29 is 9.53 Å². The number of nitrogens with zero attached hydrogens (tertiary/aromatic N) is 1. The first-order valence-corrected chi connectivity index (χ1v) is 6.50. The summed E-state index contributed by atoms with van der Waals surface area (Å²) in [6.07, 6.45) is 1.33. The van der Waals surface area contributed by atoms with Crippen LogP contribution < -0.4 is 0 Å². The molecule has 0 saturated carbocycles. The van der Waals surface area contributed by atoms with Gasteiger partial charge in [0, 0.05) is 19.6 Å². The molecule has 1 aliphatic rings. The first-order chi connectivity index (χ1) is 8.64. The van der Waals surface area contributed by atoms with Crippen LogP contribution >= 0.6 is 0 Å². The summed E-state index contributed by atoms with van der Waals surface area (Å²) in [4.78, 5) is 13.8. The summed E-state index contributed by atoms with van der Waals surface area (Å²) in [5, 5.41) is 0. The van der Waals surface area contributed by atoms with Gasteiger partial charge in [0.05, 0.1) is 18.1 Å². The molecule has 1 fully saturated rings. The molecule has 0 aromatic heterocycles. The number of carbonyl (C=O) groups excluding carboxylic acids is 1. The van der Waals surface area contributed by atoms with E-state index in [0.29, 0.717) is 0 Å². The monoisotopic (exact) mass is 247 g/mol. The van der Waals surface area contributed by atoms with Crippen LogP contribution in [0.3, 0.4) is 0 Å². The molecule has 0 amide bonds. The lowest BCUT2D eigenvalue weighted by Gasteiger charge is -2.36. The van der Waals surface area contributed by atoms with Gasteiger partial charge in [-0.1, -0.05) is 30.3 Å². The zero-order valence-electron chi connectivity index (χ0n) is 11.1. The number of morpholine rings is 1. The number of hydrogen-bond donors (Lipinski definition) is 0. The van der Waals surface area contributed by atoms with Gasteiger partial charge in [-0.2, -0.15) is 0 Å². The van der Waals surface area contributed by atoms with E-state index in [1.165, 1.54) is 0 Å². The number of rotatable bonds is 4. The normalized spacial score (nSPS) is 24.4. The molecule has 0 bridgehead atoms. The van der Waals surface area contributed by atoms with Crippen molar-refractivity contribution in [1.82, 2.24) is 4.90 Å². The van der Waals surface area contributed by atoms with Gasteiger partial charge in [-0.3, -0.25) is 4.90 Å². The smallest absolute Gasteiger partial charge is 0.131 e. The van der Waals surface area contributed by atoms with Crippen LogP contribution in [-0.4, -0.2) is 43.5 Å². The van der Waals surface area contributed by atoms with E-state index in [2.05, 4.69) is 11.8 Å². The average Bonchev–Trinajstić information content (AvgIpc) is 2.39. The van der Waals surface area contributed by atoms with Gasteiger partial charge in [0.1, 0.15) is 6.29 Å². The summed E-state index contributed by atoms with van der Waals surface area (Å²) < 4.78 is 5.53. The first kappa shape index (κ1) is 13.2. The maximum Gasteiger partial charge on any atom is 0.131 e. The highest BCUT2D eigenvalue weighted by atomic mass is 16.5.